The van der Waals surface area contributed by atoms with Gasteiger partial charge in [0.15, 0.2) is 0 Å². The third-order valence-electron chi connectivity index (χ3n) is 5.29. The van der Waals surface area contributed by atoms with Gasteiger partial charge in [0, 0.05) is 19.5 Å². The highest BCUT2D eigenvalue weighted by atomic mass is 35.5. The van der Waals surface area contributed by atoms with Gasteiger partial charge in [0.05, 0.1) is 12.0 Å². The number of esters is 1. The molecule has 0 aliphatic rings. The van der Waals surface area contributed by atoms with Crippen LogP contribution < -0.4 is 4.90 Å². The van der Waals surface area contributed by atoms with Crippen molar-refractivity contribution < 1.29 is 9.53 Å². The fourth-order valence-corrected chi connectivity index (χ4v) is 4.91. The van der Waals surface area contributed by atoms with Crippen LogP contribution >= 0.6 is 22.9 Å². The number of benzene rings is 2. The van der Waals surface area contributed by atoms with Crippen LogP contribution in [0.3, 0.4) is 0 Å². The van der Waals surface area contributed by atoms with Gasteiger partial charge in [0.2, 0.25) is 5.28 Å². The van der Waals surface area contributed by atoms with E-state index in [2.05, 4.69) is 33.9 Å². The molecule has 0 N–H and O–H groups in total. The third kappa shape index (κ3) is 4.92. The number of aryl methyl sites for hydroxylation is 1. The number of carbonyl (C=O) groups excluding carboxylic acids is 1. The van der Waals surface area contributed by atoms with Crippen LogP contribution in [0.1, 0.15) is 33.3 Å². The molecule has 0 amide bonds. The molecule has 4 rings (SSSR count). The first-order valence-electron chi connectivity index (χ1n) is 10.5. The monoisotopic (exact) mass is 465 g/mol. The van der Waals surface area contributed by atoms with E-state index in [1.54, 1.807) is 0 Å². The summed E-state index contributed by atoms with van der Waals surface area (Å²) in [6.45, 7) is 5.75. The van der Waals surface area contributed by atoms with Crippen LogP contribution in [0.4, 0.5) is 5.82 Å². The summed E-state index contributed by atoms with van der Waals surface area (Å²) in [5.41, 5.74) is 3.13. The molecule has 164 valence electrons. The molecule has 4 aromatic rings. The Labute approximate surface area is 196 Å². The van der Waals surface area contributed by atoms with E-state index in [9.17, 15) is 4.79 Å². The van der Waals surface area contributed by atoms with Crippen molar-refractivity contribution in [1.29, 1.82) is 0 Å². The van der Waals surface area contributed by atoms with Gasteiger partial charge in [-0.05, 0) is 42.1 Å². The van der Waals surface area contributed by atoms with E-state index in [0.717, 1.165) is 28.9 Å². The fraction of sp³-hybridized carbons (Fsp3) is 0.240. The molecule has 7 heteroatoms. The first kappa shape index (κ1) is 22.2. The number of anilines is 1. The van der Waals surface area contributed by atoms with Gasteiger partial charge in [0.1, 0.15) is 15.5 Å². The summed E-state index contributed by atoms with van der Waals surface area (Å²) in [4.78, 5) is 25.2. The Balaban J connectivity index is 1.60. The normalized spacial score (nSPS) is 11.0. The summed E-state index contributed by atoms with van der Waals surface area (Å²) >= 11 is 7.57. The molecule has 5 nitrogen and oxygen atoms in total. The smallest absolute Gasteiger partial charge is 0.348 e. The minimum Gasteiger partial charge on any atom is -0.461 e. The Hall–Kier alpha value is -2.96. The van der Waals surface area contributed by atoms with Crippen molar-refractivity contribution in [3.63, 3.8) is 0 Å². The Morgan fingerprint density at radius 3 is 2.34 bits per heavy atom. The lowest BCUT2D eigenvalue weighted by Gasteiger charge is -2.23. The molecular weight excluding hydrogens is 442 g/mol. The van der Waals surface area contributed by atoms with Crippen molar-refractivity contribution >= 4 is 44.9 Å². The number of hydrogen-bond donors (Lipinski definition) is 0. The van der Waals surface area contributed by atoms with Crippen molar-refractivity contribution in [2.75, 3.05) is 18.1 Å². The first-order chi connectivity index (χ1) is 15.6. The third-order valence-corrected chi connectivity index (χ3v) is 6.63. The lowest BCUT2D eigenvalue weighted by Crippen LogP contribution is -2.23. The molecule has 0 radical (unpaired) electrons. The second kappa shape index (κ2) is 10.1. The Bertz CT molecular complexity index is 1210. The summed E-state index contributed by atoms with van der Waals surface area (Å²) < 4.78 is 5.57. The molecule has 0 bridgehead atoms. The van der Waals surface area contributed by atoms with E-state index in [1.807, 2.05) is 55.5 Å². The maximum atomic E-state index is 12.8. The van der Waals surface area contributed by atoms with E-state index in [0.29, 0.717) is 29.3 Å². The average molecular weight is 466 g/mol. The van der Waals surface area contributed by atoms with Gasteiger partial charge >= 0.3 is 5.97 Å². The van der Waals surface area contributed by atoms with E-state index in [4.69, 9.17) is 16.3 Å². The highest BCUT2D eigenvalue weighted by Gasteiger charge is 2.23. The Morgan fingerprint density at radius 1 is 1.03 bits per heavy atom. The molecule has 0 spiro atoms. The average Bonchev–Trinajstić information content (AvgIpc) is 3.14. The van der Waals surface area contributed by atoms with E-state index < -0.39 is 0 Å². The highest BCUT2D eigenvalue weighted by Crippen LogP contribution is 2.37. The molecule has 2 aromatic heterocycles. The number of halogens is 1. The van der Waals surface area contributed by atoms with Crippen molar-refractivity contribution in [2.24, 2.45) is 0 Å². The van der Waals surface area contributed by atoms with Crippen LogP contribution in [0.2, 0.25) is 5.28 Å². The number of aromatic nitrogens is 2. The zero-order valence-electron chi connectivity index (χ0n) is 18.0. The number of nitrogens with zero attached hydrogens (tertiary/aromatic N) is 3. The second-order valence-electron chi connectivity index (χ2n) is 7.42. The van der Waals surface area contributed by atoms with Gasteiger partial charge in [-0.15, -0.1) is 11.3 Å². The maximum absolute atomic E-state index is 12.8. The molecule has 0 saturated carbocycles. The number of ether oxygens (including phenoxy) is 1. The van der Waals surface area contributed by atoms with Gasteiger partial charge in [0.25, 0.3) is 0 Å². The zero-order chi connectivity index (χ0) is 22.5. The molecule has 0 atom stereocenters. The Kier molecular flexibility index (Phi) is 7.02. The summed E-state index contributed by atoms with van der Waals surface area (Å²) in [7, 11) is 0. The fourth-order valence-electron chi connectivity index (χ4n) is 3.63. The summed E-state index contributed by atoms with van der Waals surface area (Å²) in [6, 6.07) is 20.2. The van der Waals surface area contributed by atoms with Crippen LogP contribution in [0.5, 0.6) is 0 Å². The van der Waals surface area contributed by atoms with E-state index >= 15 is 0 Å². The topological polar surface area (TPSA) is 55.3 Å². The van der Waals surface area contributed by atoms with Crippen LogP contribution in [0, 0.1) is 6.92 Å². The van der Waals surface area contributed by atoms with Gasteiger partial charge in [-0.2, -0.15) is 4.98 Å². The molecule has 0 saturated heterocycles. The van der Waals surface area contributed by atoms with Crippen LogP contribution in [0.25, 0.3) is 10.2 Å². The predicted molar refractivity (Wildman–Crippen MR) is 131 cm³/mol. The number of hydrogen-bond acceptors (Lipinski definition) is 6. The van der Waals surface area contributed by atoms with Gasteiger partial charge in [-0.1, -0.05) is 60.7 Å². The lowest BCUT2D eigenvalue weighted by atomic mass is 10.1. The summed E-state index contributed by atoms with van der Waals surface area (Å²) in [6.07, 6.45) is 0.675. The Morgan fingerprint density at radius 2 is 1.69 bits per heavy atom. The molecule has 0 aliphatic heterocycles. The largest absolute Gasteiger partial charge is 0.461 e. The highest BCUT2D eigenvalue weighted by molar-refractivity contribution is 7.20. The standard InChI is InChI=1S/C25H24ClN3O2S/c1-3-29(16-19-12-8-5-9-13-19)22-20-17(2)21(32-23(20)28-25(26)27-22)24(30)31-15-14-18-10-6-4-7-11-18/h4-13H,3,14-16H2,1-2H3. The summed E-state index contributed by atoms with van der Waals surface area (Å²) in [5, 5.41) is 1.02. The molecular formula is C25H24ClN3O2S. The zero-order valence-corrected chi connectivity index (χ0v) is 19.6. The lowest BCUT2D eigenvalue weighted by molar-refractivity contribution is 0.0514. The number of fused-ring (bicyclic) bond motifs is 1. The number of rotatable bonds is 8. The first-order valence-corrected chi connectivity index (χ1v) is 11.7. The van der Waals surface area contributed by atoms with E-state index in [-0.39, 0.29) is 11.3 Å². The quantitative estimate of drug-likeness (QED) is 0.233. The van der Waals surface area contributed by atoms with Crippen LogP contribution in [-0.2, 0) is 17.7 Å². The van der Waals surface area contributed by atoms with E-state index in [1.165, 1.54) is 16.9 Å². The van der Waals surface area contributed by atoms with Gasteiger partial charge < -0.3 is 9.64 Å². The second-order valence-corrected chi connectivity index (χ2v) is 8.76. The van der Waals surface area contributed by atoms with Gasteiger partial charge in [-0.3, -0.25) is 0 Å². The van der Waals surface area contributed by atoms with Crippen LogP contribution in [-0.4, -0.2) is 29.1 Å². The molecule has 32 heavy (non-hydrogen) atoms. The van der Waals surface area contributed by atoms with Crippen molar-refractivity contribution in [3.8, 4) is 0 Å². The molecule has 2 heterocycles. The minimum absolute atomic E-state index is 0.171. The molecule has 0 unspecified atom stereocenters. The summed E-state index contributed by atoms with van der Waals surface area (Å²) in [5.74, 6) is 0.401. The minimum atomic E-state index is -0.338. The van der Waals surface area contributed by atoms with Crippen molar-refractivity contribution in [2.45, 2.75) is 26.8 Å². The van der Waals surface area contributed by atoms with Crippen LogP contribution in [0.15, 0.2) is 60.7 Å². The molecule has 2 aromatic carbocycles. The predicted octanol–water partition coefficient (Wildman–Crippen LogP) is 6.08. The van der Waals surface area contributed by atoms with Crippen molar-refractivity contribution in [3.05, 3.63) is 87.5 Å². The van der Waals surface area contributed by atoms with Gasteiger partial charge in [-0.25, -0.2) is 9.78 Å². The number of thiophene rings is 1. The molecule has 0 fully saturated rings. The SMILES string of the molecule is CCN(Cc1ccccc1)c1nc(Cl)nc2sc(C(=O)OCCc3ccccc3)c(C)c12. The molecule has 0 aliphatic carbocycles. The van der Waals surface area contributed by atoms with Crippen molar-refractivity contribution in [1.82, 2.24) is 9.97 Å². The number of carbonyl (C=O) groups is 1. The maximum Gasteiger partial charge on any atom is 0.348 e.